The number of rotatable bonds is 3. The van der Waals surface area contributed by atoms with Crippen molar-refractivity contribution in [2.24, 2.45) is 0 Å². The first-order valence-electron chi connectivity index (χ1n) is 4.85. The van der Waals surface area contributed by atoms with Gasteiger partial charge in [0, 0.05) is 12.2 Å². The van der Waals surface area contributed by atoms with E-state index >= 15 is 0 Å². The molecule has 2 N–H and O–H groups in total. The van der Waals surface area contributed by atoms with Crippen LogP contribution in [0.3, 0.4) is 0 Å². The number of H-pyrrole nitrogens is 1. The first-order valence-corrected chi connectivity index (χ1v) is 5.23. The van der Waals surface area contributed by atoms with E-state index in [0.717, 1.165) is 0 Å². The van der Waals surface area contributed by atoms with Crippen molar-refractivity contribution in [1.29, 1.82) is 0 Å². The fourth-order valence-electron chi connectivity index (χ4n) is 1.13. The molecule has 0 aromatic carbocycles. The normalized spacial score (nSPS) is 10.7. The predicted molar refractivity (Wildman–Crippen MR) is 64.0 cm³/mol. The molecule has 1 aromatic heterocycles. The highest BCUT2D eigenvalue weighted by Crippen LogP contribution is 2.11. The number of carbonyl (C=O) groups is 1. The van der Waals surface area contributed by atoms with E-state index < -0.39 is 11.5 Å². The second-order valence-corrected chi connectivity index (χ2v) is 3.67. The fraction of sp³-hybridized carbons (Fsp3) is 0.273. The smallest absolute Gasteiger partial charge is 0.261 e. The monoisotopic (exact) mass is 240 g/mol. The van der Waals surface area contributed by atoms with Crippen molar-refractivity contribution in [2.45, 2.75) is 13.8 Å². The quantitative estimate of drug-likeness (QED) is 0.789. The van der Waals surface area contributed by atoms with Gasteiger partial charge in [0.2, 0.25) is 0 Å². The van der Waals surface area contributed by atoms with Crippen molar-refractivity contribution in [3.63, 3.8) is 0 Å². The maximum absolute atomic E-state index is 11.6. The van der Waals surface area contributed by atoms with Crippen LogP contribution in [0.1, 0.15) is 23.0 Å². The molecule has 0 saturated carbocycles. The number of allylic oxidation sites excluding steroid dienone is 1. The highest BCUT2D eigenvalue weighted by molar-refractivity contribution is 6.31. The molecular formula is C11H13ClN2O2. The molecule has 86 valence electrons. The molecule has 0 aliphatic carbocycles. The molecule has 0 unspecified atom stereocenters. The Balaban J connectivity index is 2.92. The summed E-state index contributed by atoms with van der Waals surface area (Å²) in [6.07, 6.45) is 3.59. The number of aryl methyl sites for hydroxylation is 1. The zero-order chi connectivity index (χ0) is 12.1. The number of aromatic nitrogens is 1. The summed E-state index contributed by atoms with van der Waals surface area (Å²) in [7, 11) is 0. The van der Waals surface area contributed by atoms with Crippen LogP contribution in [0.5, 0.6) is 0 Å². The number of hydrogen-bond acceptors (Lipinski definition) is 2. The first kappa shape index (κ1) is 12.5. The van der Waals surface area contributed by atoms with Crippen LogP contribution in [0, 0.1) is 6.92 Å². The predicted octanol–water partition coefficient (Wildman–Crippen LogP) is 1.64. The summed E-state index contributed by atoms with van der Waals surface area (Å²) >= 11 is 5.83. The lowest BCUT2D eigenvalue weighted by atomic mass is 10.2. The maximum Gasteiger partial charge on any atom is 0.261 e. The van der Waals surface area contributed by atoms with Crippen LogP contribution in [-0.4, -0.2) is 17.4 Å². The van der Waals surface area contributed by atoms with E-state index in [4.69, 9.17) is 11.6 Å². The molecule has 1 aromatic rings. The highest BCUT2D eigenvalue weighted by atomic mass is 35.5. The molecule has 1 heterocycles. The number of hydrogen-bond donors (Lipinski definition) is 2. The molecule has 0 bridgehead atoms. The molecule has 0 aliphatic heterocycles. The highest BCUT2D eigenvalue weighted by Gasteiger charge is 2.11. The Kier molecular flexibility index (Phi) is 4.31. The molecule has 16 heavy (non-hydrogen) atoms. The summed E-state index contributed by atoms with van der Waals surface area (Å²) in [5.74, 6) is -0.429. The lowest BCUT2D eigenvalue weighted by Crippen LogP contribution is -2.29. The van der Waals surface area contributed by atoms with Gasteiger partial charge in [-0.1, -0.05) is 23.8 Å². The van der Waals surface area contributed by atoms with Crippen molar-refractivity contribution < 1.29 is 4.79 Å². The van der Waals surface area contributed by atoms with Gasteiger partial charge in [-0.05, 0) is 19.9 Å². The van der Waals surface area contributed by atoms with E-state index in [2.05, 4.69) is 10.3 Å². The minimum absolute atomic E-state index is 0.0279. The van der Waals surface area contributed by atoms with Crippen LogP contribution in [0.15, 0.2) is 23.0 Å². The van der Waals surface area contributed by atoms with Crippen molar-refractivity contribution in [2.75, 3.05) is 6.54 Å². The Morgan fingerprint density at radius 1 is 1.62 bits per heavy atom. The number of pyridine rings is 1. The molecule has 1 amide bonds. The number of halogens is 1. The third kappa shape index (κ3) is 2.97. The van der Waals surface area contributed by atoms with Gasteiger partial charge in [-0.2, -0.15) is 0 Å². The van der Waals surface area contributed by atoms with Gasteiger partial charge < -0.3 is 10.3 Å². The largest absolute Gasteiger partial charge is 0.348 e. The Hall–Kier alpha value is -1.55. The Bertz CT molecular complexity index is 477. The van der Waals surface area contributed by atoms with Crippen LogP contribution < -0.4 is 10.9 Å². The molecule has 0 spiro atoms. The van der Waals surface area contributed by atoms with Crippen LogP contribution in [0.4, 0.5) is 0 Å². The zero-order valence-corrected chi connectivity index (χ0v) is 9.89. The zero-order valence-electron chi connectivity index (χ0n) is 9.13. The standard InChI is InChI=1S/C11H13ClN2O2/c1-3-4-5-13-10(15)8-6-9(12)7(2)14-11(8)16/h3-4,6H,5H2,1-2H3,(H,13,15)(H,14,16)/b4-3+. The van der Waals surface area contributed by atoms with Crippen molar-refractivity contribution in [1.82, 2.24) is 10.3 Å². The summed E-state index contributed by atoms with van der Waals surface area (Å²) < 4.78 is 0. The van der Waals surface area contributed by atoms with Crippen molar-refractivity contribution in [3.05, 3.63) is 44.9 Å². The molecule has 0 saturated heterocycles. The minimum atomic E-state index is -0.431. The second kappa shape index (κ2) is 5.51. The number of amides is 1. The SMILES string of the molecule is C/C=C/CNC(=O)c1cc(Cl)c(C)[nH]c1=O. The van der Waals surface area contributed by atoms with E-state index in [9.17, 15) is 9.59 Å². The average Bonchev–Trinajstić information content (AvgIpc) is 2.23. The number of aromatic amines is 1. The van der Waals surface area contributed by atoms with Crippen LogP contribution in [0.25, 0.3) is 0 Å². The summed E-state index contributed by atoms with van der Waals surface area (Å²) in [6.45, 7) is 3.91. The van der Waals surface area contributed by atoms with E-state index in [-0.39, 0.29) is 5.56 Å². The number of nitrogens with one attached hydrogen (secondary N) is 2. The van der Waals surface area contributed by atoms with Crippen molar-refractivity contribution in [3.8, 4) is 0 Å². The fourth-order valence-corrected chi connectivity index (χ4v) is 1.29. The van der Waals surface area contributed by atoms with Crippen LogP contribution in [-0.2, 0) is 0 Å². The maximum atomic E-state index is 11.6. The van der Waals surface area contributed by atoms with Gasteiger partial charge in [0.25, 0.3) is 11.5 Å². The van der Waals surface area contributed by atoms with E-state index in [1.54, 1.807) is 13.0 Å². The Morgan fingerprint density at radius 3 is 2.94 bits per heavy atom. The second-order valence-electron chi connectivity index (χ2n) is 3.26. The lowest BCUT2D eigenvalue weighted by molar-refractivity contribution is 0.0956. The van der Waals surface area contributed by atoms with Crippen LogP contribution in [0.2, 0.25) is 5.02 Å². The first-order chi connectivity index (χ1) is 7.56. The molecule has 0 fully saturated rings. The molecule has 0 radical (unpaired) electrons. The molecular weight excluding hydrogens is 228 g/mol. The van der Waals surface area contributed by atoms with Crippen LogP contribution >= 0.6 is 11.6 Å². The van der Waals surface area contributed by atoms with Gasteiger partial charge in [0.1, 0.15) is 5.56 Å². The van der Waals surface area contributed by atoms with Gasteiger partial charge >= 0.3 is 0 Å². The van der Waals surface area contributed by atoms with E-state index in [1.807, 2.05) is 13.0 Å². The van der Waals surface area contributed by atoms with Gasteiger partial charge in [-0.3, -0.25) is 9.59 Å². The van der Waals surface area contributed by atoms with Gasteiger partial charge in [-0.25, -0.2) is 0 Å². The van der Waals surface area contributed by atoms with Gasteiger partial charge in [0.05, 0.1) is 5.02 Å². The molecule has 0 atom stereocenters. The molecule has 5 heteroatoms. The minimum Gasteiger partial charge on any atom is -0.348 e. The number of carbonyl (C=O) groups excluding carboxylic acids is 1. The van der Waals surface area contributed by atoms with E-state index in [0.29, 0.717) is 17.3 Å². The third-order valence-corrected chi connectivity index (χ3v) is 2.43. The average molecular weight is 241 g/mol. The third-order valence-electron chi connectivity index (χ3n) is 2.04. The van der Waals surface area contributed by atoms with Gasteiger partial charge in [0.15, 0.2) is 0 Å². The molecule has 1 rings (SSSR count). The summed E-state index contributed by atoms with van der Waals surface area (Å²) in [5, 5.41) is 2.95. The van der Waals surface area contributed by atoms with Gasteiger partial charge in [-0.15, -0.1) is 0 Å². The Labute approximate surface area is 98.3 Å². The topological polar surface area (TPSA) is 62.0 Å². The van der Waals surface area contributed by atoms with Crippen molar-refractivity contribution >= 4 is 17.5 Å². The van der Waals surface area contributed by atoms with E-state index in [1.165, 1.54) is 6.07 Å². The summed E-state index contributed by atoms with van der Waals surface area (Å²) in [6, 6.07) is 1.38. The molecule has 0 aliphatic rings. The molecule has 4 nitrogen and oxygen atoms in total. The Morgan fingerprint density at radius 2 is 2.31 bits per heavy atom. The lowest BCUT2D eigenvalue weighted by Gasteiger charge is -2.03. The summed E-state index contributed by atoms with van der Waals surface area (Å²) in [4.78, 5) is 25.6. The summed E-state index contributed by atoms with van der Waals surface area (Å²) in [5.41, 5.74) is 0.150.